The number of ether oxygens (including phenoxy) is 1. The first-order valence-corrected chi connectivity index (χ1v) is 14.1. The summed E-state index contributed by atoms with van der Waals surface area (Å²) in [6, 6.07) is -0.653. The summed E-state index contributed by atoms with van der Waals surface area (Å²) in [5.74, 6) is -1.79. The zero-order chi connectivity index (χ0) is 25.1. The minimum Gasteiger partial charge on any atom is -0.465 e. The number of cyclic esters (lactones) is 1. The first-order chi connectivity index (χ1) is 16.9. The van der Waals surface area contributed by atoms with Gasteiger partial charge in [0.1, 0.15) is 6.04 Å². The lowest BCUT2D eigenvalue weighted by molar-refractivity contribution is -0.154. The number of allylic oxidation sites excluding steroid dienone is 1. The standard InChI is InChI=1S/C27H40N2O5S/c1-3-4-8-15-28-16-12-14-27-20(23(31)29(17-9-10-18-30)22(27)24(28)32)21-25(33)34-19-11-6-5-7-13-26(21,2)35-27/h7,12-14,20-22,30H,3-6,8-11,15-19H2,1-2H3/b13-7-/t20-,21+,22?,26-,27-/m0/s1. The molecule has 1 N–H and O–H groups in total. The van der Waals surface area contributed by atoms with Crippen LogP contribution in [0.2, 0.25) is 0 Å². The van der Waals surface area contributed by atoms with Crippen LogP contribution in [-0.4, -0.2) is 81.1 Å². The SMILES string of the molecule is CCCCCN1CC=C[C@]23S[C@@]4(C)/C=C\CCCCOC(=O)[C@H]4[C@H]2C(=O)N(CCCCO)C3C1=O. The van der Waals surface area contributed by atoms with Gasteiger partial charge in [-0.05, 0) is 45.4 Å². The van der Waals surface area contributed by atoms with Crippen molar-refractivity contribution in [3.05, 3.63) is 24.3 Å². The van der Waals surface area contributed by atoms with Crippen LogP contribution in [-0.2, 0) is 19.1 Å². The van der Waals surface area contributed by atoms with E-state index >= 15 is 0 Å². The highest BCUT2D eigenvalue weighted by atomic mass is 32.2. The van der Waals surface area contributed by atoms with E-state index in [-0.39, 0.29) is 24.4 Å². The maximum absolute atomic E-state index is 14.1. The van der Waals surface area contributed by atoms with Gasteiger partial charge in [0.15, 0.2) is 0 Å². The summed E-state index contributed by atoms with van der Waals surface area (Å²) in [4.78, 5) is 45.2. The molecule has 1 unspecified atom stereocenters. The van der Waals surface area contributed by atoms with Crippen LogP contribution in [0.4, 0.5) is 0 Å². The van der Waals surface area contributed by atoms with Crippen LogP contribution in [0, 0.1) is 11.8 Å². The van der Waals surface area contributed by atoms with E-state index in [9.17, 15) is 19.5 Å². The summed E-state index contributed by atoms with van der Waals surface area (Å²) in [6.45, 7) is 6.17. The molecule has 4 aliphatic rings. The molecule has 0 radical (unpaired) electrons. The molecular formula is C27H40N2O5S. The summed E-state index contributed by atoms with van der Waals surface area (Å²) >= 11 is 1.60. The summed E-state index contributed by atoms with van der Waals surface area (Å²) in [6.07, 6.45) is 15.2. The molecule has 5 atom stereocenters. The van der Waals surface area contributed by atoms with Gasteiger partial charge in [-0.25, -0.2) is 0 Å². The molecule has 7 nitrogen and oxygen atoms in total. The van der Waals surface area contributed by atoms with Crippen LogP contribution in [0.25, 0.3) is 0 Å². The molecule has 2 amide bonds. The van der Waals surface area contributed by atoms with Gasteiger partial charge in [-0.3, -0.25) is 14.4 Å². The molecule has 0 aromatic heterocycles. The van der Waals surface area contributed by atoms with Crippen molar-refractivity contribution >= 4 is 29.5 Å². The molecule has 35 heavy (non-hydrogen) atoms. The van der Waals surface area contributed by atoms with E-state index in [4.69, 9.17) is 4.74 Å². The Balaban J connectivity index is 1.76. The molecule has 0 aromatic carbocycles. The first-order valence-electron chi connectivity index (χ1n) is 13.3. The Kier molecular flexibility index (Phi) is 8.31. The summed E-state index contributed by atoms with van der Waals surface area (Å²) in [5.41, 5.74) is 0. The van der Waals surface area contributed by atoms with Crippen LogP contribution in [0.1, 0.15) is 65.2 Å². The van der Waals surface area contributed by atoms with Gasteiger partial charge < -0.3 is 19.6 Å². The Morgan fingerprint density at radius 3 is 2.60 bits per heavy atom. The predicted molar refractivity (Wildman–Crippen MR) is 137 cm³/mol. The first kappa shape index (κ1) is 26.3. The molecule has 8 heteroatoms. The maximum atomic E-state index is 14.1. The monoisotopic (exact) mass is 504 g/mol. The summed E-state index contributed by atoms with van der Waals surface area (Å²) in [5, 5.41) is 9.33. The molecule has 0 bridgehead atoms. The highest BCUT2D eigenvalue weighted by Gasteiger charge is 2.73. The highest BCUT2D eigenvalue weighted by Crippen LogP contribution is 2.65. The number of nitrogens with zero attached hydrogens (tertiary/aromatic N) is 2. The second-order valence-electron chi connectivity index (χ2n) is 10.4. The van der Waals surface area contributed by atoms with Gasteiger partial charge in [-0.15, -0.1) is 11.8 Å². The molecule has 2 saturated heterocycles. The quantitative estimate of drug-likeness (QED) is 0.310. The average Bonchev–Trinajstić information content (AvgIpc) is 3.15. The third-order valence-electron chi connectivity index (χ3n) is 7.92. The third-order valence-corrected chi connectivity index (χ3v) is 9.72. The lowest BCUT2D eigenvalue weighted by atomic mass is 9.74. The van der Waals surface area contributed by atoms with Gasteiger partial charge >= 0.3 is 5.97 Å². The highest BCUT2D eigenvalue weighted by molar-refractivity contribution is 8.02. The molecule has 194 valence electrons. The Hall–Kier alpha value is -1.80. The fourth-order valence-electron chi connectivity index (χ4n) is 6.23. The van der Waals surface area contributed by atoms with E-state index in [2.05, 4.69) is 25.2 Å². The second-order valence-corrected chi connectivity index (χ2v) is 12.2. The minimum atomic E-state index is -0.816. The third kappa shape index (κ3) is 4.80. The number of hydrogen-bond acceptors (Lipinski definition) is 6. The number of rotatable bonds is 8. The number of amides is 2. The van der Waals surface area contributed by atoms with E-state index in [1.54, 1.807) is 16.7 Å². The number of hydrogen-bond donors (Lipinski definition) is 1. The van der Waals surface area contributed by atoms with Crippen LogP contribution >= 0.6 is 11.8 Å². The van der Waals surface area contributed by atoms with E-state index < -0.39 is 27.4 Å². The van der Waals surface area contributed by atoms with Crippen molar-refractivity contribution in [2.75, 3.05) is 32.8 Å². The molecule has 4 aliphatic heterocycles. The van der Waals surface area contributed by atoms with Crippen LogP contribution in [0.15, 0.2) is 24.3 Å². The lowest BCUT2D eigenvalue weighted by Crippen LogP contribution is -2.53. The van der Waals surface area contributed by atoms with Crippen molar-refractivity contribution in [1.29, 1.82) is 0 Å². The Morgan fingerprint density at radius 2 is 1.83 bits per heavy atom. The second kappa shape index (κ2) is 11.1. The number of esters is 1. The Bertz CT molecular complexity index is 876. The molecular weight excluding hydrogens is 464 g/mol. The Labute approximate surface area is 213 Å². The van der Waals surface area contributed by atoms with E-state index in [1.807, 2.05) is 17.9 Å². The van der Waals surface area contributed by atoms with Crippen molar-refractivity contribution in [3.63, 3.8) is 0 Å². The van der Waals surface area contributed by atoms with Gasteiger partial charge in [0.2, 0.25) is 11.8 Å². The summed E-state index contributed by atoms with van der Waals surface area (Å²) < 4.78 is 4.25. The van der Waals surface area contributed by atoms with Gasteiger partial charge in [0.25, 0.3) is 0 Å². The summed E-state index contributed by atoms with van der Waals surface area (Å²) in [7, 11) is 0. The number of carbonyl (C=O) groups is 3. The van der Waals surface area contributed by atoms with Gasteiger partial charge in [0.05, 0.1) is 23.2 Å². The van der Waals surface area contributed by atoms with E-state index in [0.29, 0.717) is 39.1 Å². The topological polar surface area (TPSA) is 87.2 Å². The van der Waals surface area contributed by atoms with Crippen molar-refractivity contribution in [3.8, 4) is 0 Å². The average molecular weight is 505 g/mol. The van der Waals surface area contributed by atoms with Crippen molar-refractivity contribution in [1.82, 2.24) is 9.80 Å². The van der Waals surface area contributed by atoms with Crippen LogP contribution < -0.4 is 0 Å². The van der Waals surface area contributed by atoms with Crippen LogP contribution in [0.5, 0.6) is 0 Å². The Morgan fingerprint density at radius 1 is 1.03 bits per heavy atom. The number of fused-ring (bicyclic) bond motifs is 2. The van der Waals surface area contributed by atoms with Gasteiger partial charge in [-0.1, -0.05) is 44.1 Å². The molecule has 0 aromatic rings. The smallest absolute Gasteiger partial charge is 0.311 e. The fraction of sp³-hybridized carbons (Fsp3) is 0.741. The largest absolute Gasteiger partial charge is 0.465 e. The van der Waals surface area contributed by atoms with Crippen molar-refractivity contribution in [2.24, 2.45) is 11.8 Å². The number of carbonyl (C=O) groups excluding carboxylic acids is 3. The normalized spacial score (nSPS) is 35.9. The molecule has 0 aliphatic carbocycles. The molecule has 4 heterocycles. The predicted octanol–water partition coefficient (Wildman–Crippen LogP) is 3.32. The zero-order valence-corrected chi connectivity index (χ0v) is 21.9. The number of unbranched alkanes of at least 4 members (excludes halogenated alkanes) is 3. The van der Waals surface area contributed by atoms with E-state index in [1.165, 1.54) is 0 Å². The van der Waals surface area contributed by atoms with Crippen molar-refractivity contribution < 1.29 is 24.2 Å². The molecule has 1 spiro atoms. The van der Waals surface area contributed by atoms with Gasteiger partial charge in [0, 0.05) is 31.0 Å². The lowest BCUT2D eigenvalue weighted by Gasteiger charge is -2.37. The van der Waals surface area contributed by atoms with E-state index in [0.717, 1.165) is 38.5 Å². The molecule has 0 saturated carbocycles. The van der Waals surface area contributed by atoms with Crippen LogP contribution in [0.3, 0.4) is 0 Å². The molecule has 2 fully saturated rings. The number of likely N-dealkylation sites (tertiary alicyclic amines) is 1. The fourth-order valence-corrected chi connectivity index (χ4v) is 8.38. The van der Waals surface area contributed by atoms with Gasteiger partial charge in [-0.2, -0.15) is 0 Å². The zero-order valence-electron chi connectivity index (χ0n) is 21.1. The number of aliphatic hydroxyl groups is 1. The molecule has 4 rings (SSSR count). The minimum absolute atomic E-state index is 0.0249. The maximum Gasteiger partial charge on any atom is 0.311 e. The van der Waals surface area contributed by atoms with Crippen molar-refractivity contribution in [2.45, 2.75) is 80.7 Å². The number of thioether (sulfide) groups is 1. The number of aliphatic hydroxyl groups excluding tert-OH is 1.